The topological polar surface area (TPSA) is 45.9 Å². The highest BCUT2D eigenvalue weighted by Crippen LogP contribution is 2.28. The van der Waals surface area contributed by atoms with Crippen LogP contribution in [0.4, 0.5) is 0 Å². The van der Waals surface area contributed by atoms with E-state index in [2.05, 4.69) is 42.2 Å². The van der Waals surface area contributed by atoms with E-state index < -0.39 is 0 Å². The first kappa shape index (κ1) is 15.1. The van der Waals surface area contributed by atoms with E-state index in [1.165, 1.54) is 5.56 Å². The molecule has 0 aliphatic heterocycles. The van der Waals surface area contributed by atoms with Crippen LogP contribution in [0.25, 0.3) is 0 Å². The van der Waals surface area contributed by atoms with Crippen LogP contribution in [0, 0.1) is 11.3 Å². The van der Waals surface area contributed by atoms with Gasteiger partial charge in [0.05, 0.1) is 12.7 Å². The number of aromatic nitrogens is 1. The fourth-order valence-electron chi connectivity index (χ4n) is 2.58. The minimum Gasteiger partial charge on any atom is -0.481 e. The molecule has 1 aromatic heterocycles. The normalized spacial score (nSPS) is 11.7. The van der Waals surface area contributed by atoms with Gasteiger partial charge in [0.25, 0.3) is 0 Å². The molecular formula is C18H20N2O. The van der Waals surface area contributed by atoms with Gasteiger partial charge in [0.2, 0.25) is 5.88 Å². The number of rotatable bonds is 6. The van der Waals surface area contributed by atoms with Crippen molar-refractivity contribution in [1.82, 2.24) is 4.98 Å². The largest absolute Gasteiger partial charge is 0.481 e. The van der Waals surface area contributed by atoms with Crippen molar-refractivity contribution in [3.05, 3.63) is 59.3 Å². The molecule has 1 unspecified atom stereocenters. The molecule has 0 amide bonds. The van der Waals surface area contributed by atoms with E-state index in [9.17, 15) is 5.26 Å². The van der Waals surface area contributed by atoms with Crippen molar-refractivity contribution >= 4 is 0 Å². The number of hydrogen-bond acceptors (Lipinski definition) is 3. The Kier molecular flexibility index (Phi) is 5.34. The summed E-state index contributed by atoms with van der Waals surface area (Å²) in [4.78, 5) is 4.11. The molecule has 108 valence electrons. The Labute approximate surface area is 126 Å². The third-order valence-electron chi connectivity index (χ3n) is 3.67. The van der Waals surface area contributed by atoms with Crippen LogP contribution < -0.4 is 4.74 Å². The molecule has 0 spiro atoms. The number of nitrogens with zero attached hydrogens (tertiary/aromatic N) is 2. The Hall–Kier alpha value is -2.34. The van der Waals surface area contributed by atoms with E-state index >= 15 is 0 Å². The van der Waals surface area contributed by atoms with Crippen molar-refractivity contribution in [1.29, 1.82) is 5.26 Å². The van der Waals surface area contributed by atoms with E-state index in [-0.39, 0.29) is 0 Å². The standard InChI is InChI=1S/C18H20N2O/c1-3-7-15(14-8-5-4-6-9-14)10-16-11-18(21-2)20-13-17(16)12-19/h4-6,8-9,11,13,15H,3,7,10H2,1-2H3. The van der Waals surface area contributed by atoms with Crippen molar-refractivity contribution in [2.24, 2.45) is 0 Å². The molecule has 3 heteroatoms. The molecule has 2 rings (SSSR count). The summed E-state index contributed by atoms with van der Waals surface area (Å²) in [6, 6.07) is 14.6. The summed E-state index contributed by atoms with van der Waals surface area (Å²) in [6.45, 7) is 2.19. The van der Waals surface area contributed by atoms with Crippen LogP contribution in [0.5, 0.6) is 5.88 Å². The summed E-state index contributed by atoms with van der Waals surface area (Å²) in [6.07, 6.45) is 4.64. The smallest absolute Gasteiger partial charge is 0.213 e. The molecule has 0 saturated carbocycles. The molecule has 21 heavy (non-hydrogen) atoms. The second-order valence-electron chi connectivity index (χ2n) is 5.10. The minimum atomic E-state index is 0.412. The lowest BCUT2D eigenvalue weighted by atomic mass is 9.87. The van der Waals surface area contributed by atoms with E-state index in [4.69, 9.17) is 4.74 Å². The lowest BCUT2D eigenvalue weighted by Crippen LogP contribution is -2.05. The average Bonchev–Trinajstić information content (AvgIpc) is 2.55. The summed E-state index contributed by atoms with van der Waals surface area (Å²) in [5.74, 6) is 0.975. The molecule has 3 nitrogen and oxygen atoms in total. The van der Waals surface area contributed by atoms with Crippen LogP contribution in [0.3, 0.4) is 0 Å². The number of pyridine rings is 1. The quantitative estimate of drug-likeness (QED) is 0.800. The highest BCUT2D eigenvalue weighted by Gasteiger charge is 2.15. The molecular weight excluding hydrogens is 260 g/mol. The Morgan fingerprint density at radius 1 is 1.29 bits per heavy atom. The predicted octanol–water partition coefficient (Wildman–Crippen LogP) is 4.09. The highest BCUT2D eigenvalue weighted by molar-refractivity contribution is 5.39. The minimum absolute atomic E-state index is 0.412. The second-order valence-corrected chi connectivity index (χ2v) is 5.10. The number of benzene rings is 1. The Bertz CT molecular complexity index is 617. The fraction of sp³-hybridized carbons (Fsp3) is 0.333. The molecule has 0 N–H and O–H groups in total. The monoisotopic (exact) mass is 280 g/mol. The van der Waals surface area contributed by atoms with Crippen LogP contribution in [0.1, 0.15) is 42.4 Å². The lowest BCUT2D eigenvalue weighted by Gasteiger charge is -2.17. The summed E-state index contributed by atoms with van der Waals surface area (Å²) >= 11 is 0. The van der Waals surface area contributed by atoms with E-state index in [1.807, 2.05) is 12.1 Å². The zero-order valence-electron chi connectivity index (χ0n) is 12.5. The van der Waals surface area contributed by atoms with Crippen LogP contribution in [0.2, 0.25) is 0 Å². The molecule has 1 aromatic carbocycles. The highest BCUT2D eigenvalue weighted by atomic mass is 16.5. The van der Waals surface area contributed by atoms with Crippen molar-refractivity contribution < 1.29 is 4.74 Å². The van der Waals surface area contributed by atoms with Crippen molar-refractivity contribution in [2.45, 2.75) is 32.1 Å². The van der Waals surface area contributed by atoms with Crippen molar-refractivity contribution in [2.75, 3.05) is 7.11 Å². The molecule has 1 heterocycles. The number of methoxy groups -OCH3 is 1. The third kappa shape index (κ3) is 3.82. The lowest BCUT2D eigenvalue weighted by molar-refractivity contribution is 0.397. The number of nitriles is 1. The van der Waals surface area contributed by atoms with Crippen LogP contribution in [0.15, 0.2) is 42.6 Å². The zero-order valence-corrected chi connectivity index (χ0v) is 12.5. The fourth-order valence-corrected chi connectivity index (χ4v) is 2.58. The predicted molar refractivity (Wildman–Crippen MR) is 83.3 cm³/mol. The van der Waals surface area contributed by atoms with Gasteiger partial charge < -0.3 is 4.74 Å². The summed E-state index contributed by atoms with van der Waals surface area (Å²) in [7, 11) is 1.60. The maximum atomic E-state index is 9.26. The molecule has 2 aromatic rings. The summed E-state index contributed by atoms with van der Waals surface area (Å²) in [5, 5.41) is 9.26. The Morgan fingerprint density at radius 2 is 2.05 bits per heavy atom. The first-order chi connectivity index (χ1) is 10.3. The van der Waals surface area contributed by atoms with Gasteiger partial charge in [-0.1, -0.05) is 43.7 Å². The Morgan fingerprint density at radius 3 is 2.67 bits per heavy atom. The summed E-state index contributed by atoms with van der Waals surface area (Å²) in [5.41, 5.74) is 2.96. The first-order valence-corrected chi connectivity index (χ1v) is 7.26. The molecule has 0 fully saturated rings. The van der Waals surface area contributed by atoms with E-state index in [0.29, 0.717) is 17.4 Å². The molecule has 0 aliphatic carbocycles. The average molecular weight is 280 g/mol. The Balaban J connectivity index is 2.31. The second kappa shape index (κ2) is 7.44. The van der Waals surface area contributed by atoms with Gasteiger partial charge in [0, 0.05) is 12.3 Å². The van der Waals surface area contributed by atoms with Gasteiger partial charge in [-0.15, -0.1) is 0 Å². The van der Waals surface area contributed by atoms with Crippen molar-refractivity contribution in [3.8, 4) is 11.9 Å². The van der Waals surface area contributed by atoms with E-state index in [1.54, 1.807) is 13.3 Å². The van der Waals surface area contributed by atoms with Gasteiger partial charge in [-0.3, -0.25) is 0 Å². The number of ether oxygens (including phenoxy) is 1. The van der Waals surface area contributed by atoms with Crippen LogP contribution in [-0.2, 0) is 6.42 Å². The summed E-state index contributed by atoms with van der Waals surface area (Å²) < 4.78 is 5.18. The molecule has 0 bridgehead atoms. The maximum Gasteiger partial charge on any atom is 0.213 e. The molecule has 0 saturated heterocycles. The van der Waals surface area contributed by atoms with Gasteiger partial charge in [-0.2, -0.15) is 5.26 Å². The molecule has 1 atom stereocenters. The van der Waals surface area contributed by atoms with E-state index in [0.717, 1.165) is 24.8 Å². The van der Waals surface area contributed by atoms with Gasteiger partial charge in [-0.25, -0.2) is 4.98 Å². The number of hydrogen-bond donors (Lipinski definition) is 0. The zero-order chi connectivity index (χ0) is 15.1. The SMILES string of the molecule is CCCC(Cc1cc(OC)ncc1C#N)c1ccccc1. The third-order valence-corrected chi connectivity index (χ3v) is 3.67. The molecule has 0 aliphatic rings. The van der Waals surface area contributed by atoms with Gasteiger partial charge in [-0.05, 0) is 29.9 Å². The van der Waals surface area contributed by atoms with Crippen molar-refractivity contribution in [3.63, 3.8) is 0 Å². The van der Waals surface area contributed by atoms with Gasteiger partial charge >= 0.3 is 0 Å². The molecule has 0 radical (unpaired) electrons. The van der Waals surface area contributed by atoms with Crippen LogP contribution in [-0.4, -0.2) is 12.1 Å². The first-order valence-electron chi connectivity index (χ1n) is 7.26. The van der Waals surface area contributed by atoms with Crippen LogP contribution >= 0.6 is 0 Å². The maximum absolute atomic E-state index is 9.26. The van der Waals surface area contributed by atoms with Gasteiger partial charge in [0.1, 0.15) is 6.07 Å². The van der Waals surface area contributed by atoms with Gasteiger partial charge in [0.15, 0.2) is 0 Å².